The van der Waals surface area contributed by atoms with Gasteiger partial charge in [0.2, 0.25) is 5.95 Å². The molecule has 2 aromatic heterocycles. The largest absolute Gasteiger partial charge is 0.309 e. The van der Waals surface area contributed by atoms with E-state index in [-0.39, 0.29) is 0 Å². The zero-order valence-corrected chi connectivity index (χ0v) is 32.6. The number of hydrogen-bond acceptors (Lipinski definition) is 3. The lowest BCUT2D eigenvalue weighted by Gasteiger charge is -2.27. The lowest BCUT2D eigenvalue weighted by atomic mass is 9.96. The maximum absolute atomic E-state index is 5.44. The number of aromatic nitrogens is 3. The van der Waals surface area contributed by atoms with Gasteiger partial charge in [0.1, 0.15) is 0 Å². The Bertz CT molecular complexity index is 3480. The fraction of sp³-hybridized carbons (Fsp3) is 0. The predicted molar refractivity (Wildman–Crippen MR) is 251 cm³/mol. The van der Waals surface area contributed by atoms with Gasteiger partial charge in [0.15, 0.2) is 0 Å². The number of anilines is 3. The standard InChI is InChI=1S/C56H36N4/c1-2-17-43(18-3-1)59-50-25-10-5-15-39(50)30-31-40-32-35-42(36-53(40)59)46-23-13-27-52-54(46)48-21-8-11-26-51(48)60(52)56-57-49-24-9-7-20-47(49)55(58-56)41-33-28-38(29-34-41)45-22-12-16-37-14-4-6-19-44(37)45/h1-36H. The molecule has 0 atom stereocenters. The van der Waals surface area contributed by atoms with E-state index >= 15 is 0 Å². The Morgan fingerprint density at radius 1 is 0.383 bits per heavy atom. The number of hydrogen-bond donors (Lipinski definition) is 0. The Labute approximate surface area is 347 Å². The molecule has 0 amide bonds. The Hall–Kier alpha value is -8.08. The molecule has 1 aliphatic heterocycles. The van der Waals surface area contributed by atoms with E-state index in [2.05, 4.69) is 228 Å². The monoisotopic (exact) mass is 764 g/mol. The molecular formula is C56H36N4. The SMILES string of the molecule is C1=Cc2ccc(-c3cccc4c3c3ccccc3n4-c3nc(-c4ccc(-c5cccc6ccccc56)cc4)c4ccccc4n3)cc2N(c2ccccc2)c2ccccc21. The molecule has 0 unspecified atom stereocenters. The van der Waals surface area contributed by atoms with Gasteiger partial charge in [0.05, 0.1) is 33.6 Å². The molecule has 9 aromatic carbocycles. The molecule has 1 aliphatic rings. The van der Waals surface area contributed by atoms with Crippen molar-refractivity contribution >= 4 is 72.7 Å². The van der Waals surface area contributed by atoms with E-state index in [1.54, 1.807) is 0 Å². The van der Waals surface area contributed by atoms with Gasteiger partial charge >= 0.3 is 0 Å². The maximum Gasteiger partial charge on any atom is 0.235 e. The molecular weight excluding hydrogens is 729 g/mol. The van der Waals surface area contributed by atoms with Crippen LogP contribution in [0.1, 0.15) is 11.1 Å². The Kier molecular flexibility index (Phi) is 7.82. The highest BCUT2D eigenvalue weighted by Crippen LogP contribution is 2.45. The highest BCUT2D eigenvalue weighted by molar-refractivity contribution is 6.16. The molecule has 0 N–H and O–H groups in total. The molecule has 280 valence electrons. The summed E-state index contributed by atoms with van der Waals surface area (Å²) in [6.07, 6.45) is 4.46. The molecule has 0 bridgehead atoms. The summed E-state index contributed by atoms with van der Waals surface area (Å²) >= 11 is 0. The molecule has 0 fully saturated rings. The lowest BCUT2D eigenvalue weighted by molar-refractivity contribution is 1.01. The van der Waals surface area contributed by atoms with E-state index in [4.69, 9.17) is 9.97 Å². The Morgan fingerprint density at radius 2 is 1.02 bits per heavy atom. The topological polar surface area (TPSA) is 34.0 Å². The number of para-hydroxylation sites is 4. The molecule has 60 heavy (non-hydrogen) atoms. The van der Waals surface area contributed by atoms with Crippen LogP contribution in [-0.2, 0) is 0 Å². The first-order valence-corrected chi connectivity index (χ1v) is 20.4. The van der Waals surface area contributed by atoms with Gasteiger partial charge in [0, 0.05) is 27.4 Å². The van der Waals surface area contributed by atoms with E-state index in [0.717, 1.165) is 72.3 Å². The van der Waals surface area contributed by atoms with Crippen LogP contribution in [0.5, 0.6) is 0 Å². The second-order valence-corrected chi connectivity index (χ2v) is 15.4. The van der Waals surface area contributed by atoms with Crippen molar-refractivity contribution in [2.45, 2.75) is 0 Å². The minimum absolute atomic E-state index is 0.643. The van der Waals surface area contributed by atoms with Crippen LogP contribution in [0.25, 0.3) is 95.1 Å². The van der Waals surface area contributed by atoms with Crippen LogP contribution >= 0.6 is 0 Å². The highest BCUT2D eigenvalue weighted by atomic mass is 15.2. The van der Waals surface area contributed by atoms with Gasteiger partial charge in [-0.3, -0.25) is 4.57 Å². The van der Waals surface area contributed by atoms with Gasteiger partial charge in [-0.1, -0.05) is 176 Å². The summed E-state index contributed by atoms with van der Waals surface area (Å²) in [5.41, 5.74) is 15.4. The molecule has 4 heteroatoms. The van der Waals surface area contributed by atoms with Crippen LogP contribution in [0.2, 0.25) is 0 Å². The number of nitrogens with zero attached hydrogens (tertiary/aromatic N) is 4. The summed E-state index contributed by atoms with van der Waals surface area (Å²) in [6.45, 7) is 0. The van der Waals surface area contributed by atoms with Crippen molar-refractivity contribution in [1.82, 2.24) is 14.5 Å². The third kappa shape index (κ3) is 5.46. The van der Waals surface area contributed by atoms with Gasteiger partial charge in [-0.15, -0.1) is 0 Å². The summed E-state index contributed by atoms with van der Waals surface area (Å²) in [4.78, 5) is 13.1. The summed E-state index contributed by atoms with van der Waals surface area (Å²) in [6, 6.07) is 73.7. The zero-order chi connectivity index (χ0) is 39.6. The molecule has 4 nitrogen and oxygen atoms in total. The smallest absolute Gasteiger partial charge is 0.235 e. The second kappa shape index (κ2) is 13.8. The molecule has 11 aromatic rings. The minimum atomic E-state index is 0.643. The average Bonchev–Trinajstić information content (AvgIpc) is 3.56. The molecule has 12 rings (SSSR count). The molecule has 3 heterocycles. The first kappa shape index (κ1) is 34.0. The van der Waals surface area contributed by atoms with Crippen molar-refractivity contribution in [1.29, 1.82) is 0 Å². The van der Waals surface area contributed by atoms with Gasteiger partial charge in [-0.25, -0.2) is 9.97 Å². The quantitative estimate of drug-likeness (QED) is 0.175. The maximum atomic E-state index is 5.44. The highest BCUT2D eigenvalue weighted by Gasteiger charge is 2.23. The fourth-order valence-corrected chi connectivity index (χ4v) is 9.19. The van der Waals surface area contributed by atoms with E-state index in [0.29, 0.717) is 5.95 Å². The van der Waals surface area contributed by atoms with Crippen molar-refractivity contribution in [3.05, 3.63) is 217 Å². The lowest BCUT2D eigenvalue weighted by Crippen LogP contribution is -2.11. The molecule has 0 radical (unpaired) electrons. The summed E-state index contributed by atoms with van der Waals surface area (Å²) in [5.74, 6) is 0.643. The van der Waals surface area contributed by atoms with E-state index in [1.165, 1.54) is 32.8 Å². The summed E-state index contributed by atoms with van der Waals surface area (Å²) in [5, 5.41) is 5.82. The molecule has 0 saturated carbocycles. The first-order valence-electron chi connectivity index (χ1n) is 20.4. The van der Waals surface area contributed by atoms with Gasteiger partial charge in [-0.05, 0) is 86.6 Å². The zero-order valence-electron chi connectivity index (χ0n) is 32.6. The van der Waals surface area contributed by atoms with Crippen LogP contribution in [0.15, 0.2) is 206 Å². The summed E-state index contributed by atoms with van der Waals surface area (Å²) in [7, 11) is 0. The number of rotatable bonds is 5. The second-order valence-electron chi connectivity index (χ2n) is 15.4. The van der Waals surface area contributed by atoms with Crippen LogP contribution in [0, 0.1) is 0 Å². The third-order valence-electron chi connectivity index (χ3n) is 12.0. The van der Waals surface area contributed by atoms with Crippen molar-refractivity contribution in [3.63, 3.8) is 0 Å². The van der Waals surface area contributed by atoms with Crippen LogP contribution in [0.3, 0.4) is 0 Å². The van der Waals surface area contributed by atoms with Gasteiger partial charge in [-0.2, -0.15) is 0 Å². The van der Waals surface area contributed by atoms with Crippen LogP contribution in [-0.4, -0.2) is 14.5 Å². The van der Waals surface area contributed by atoms with Crippen molar-refractivity contribution in [3.8, 4) is 39.5 Å². The molecule has 0 aliphatic carbocycles. The fourth-order valence-electron chi connectivity index (χ4n) is 9.19. The van der Waals surface area contributed by atoms with E-state index < -0.39 is 0 Å². The summed E-state index contributed by atoms with van der Waals surface area (Å²) < 4.78 is 2.24. The predicted octanol–water partition coefficient (Wildman–Crippen LogP) is 14.8. The normalized spacial score (nSPS) is 12.2. The Balaban J connectivity index is 1.03. The Morgan fingerprint density at radius 3 is 1.90 bits per heavy atom. The van der Waals surface area contributed by atoms with Gasteiger partial charge in [0.25, 0.3) is 0 Å². The minimum Gasteiger partial charge on any atom is -0.309 e. The van der Waals surface area contributed by atoms with Crippen LogP contribution in [0.4, 0.5) is 17.1 Å². The first-order chi connectivity index (χ1) is 29.8. The number of benzene rings is 9. The van der Waals surface area contributed by atoms with E-state index in [1.807, 2.05) is 0 Å². The van der Waals surface area contributed by atoms with Crippen molar-refractivity contribution < 1.29 is 0 Å². The third-order valence-corrected chi connectivity index (χ3v) is 12.0. The van der Waals surface area contributed by atoms with Crippen molar-refractivity contribution in [2.75, 3.05) is 4.90 Å². The van der Waals surface area contributed by atoms with Gasteiger partial charge < -0.3 is 4.90 Å². The molecule has 0 saturated heterocycles. The average molecular weight is 765 g/mol. The van der Waals surface area contributed by atoms with Crippen molar-refractivity contribution in [2.24, 2.45) is 0 Å². The molecule has 0 spiro atoms. The van der Waals surface area contributed by atoms with Crippen LogP contribution < -0.4 is 4.90 Å². The van der Waals surface area contributed by atoms with E-state index in [9.17, 15) is 0 Å². The number of fused-ring (bicyclic) bond motifs is 7.